The lowest BCUT2D eigenvalue weighted by atomic mass is 10.3. The summed E-state index contributed by atoms with van der Waals surface area (Å²) in [5, 5.41) is 7.13. The zero-order valence-corrected chi connectivity index (χ0v) is 12.6. The predicted octanol–water partition coefficient (Wildman–Crippen LogP) is 4.39. The van der Waals surface area contributed by atoms with Gasteiger partial charge in [-0.1, -0.05) is 0 Å². The minimum absolute atomic E-state index is 0.110. The summed E-state index contributed by atoms with van der Waals surface area (Å²) in [6.07, 6.45) is 0. The molecule has 0 saturated heterocycles. The third kappa shape index (κ3) is 1.95. The van der Waals surface area contributed by atoms with E-state index in [2.05, 4.69) is 14.9 Å². The number of nitrogens with zero attached hydrogens (tertiary/aromatic N) is 2. The third-order valence-corrected chi connectivity index (χ3v) is 5.36. The highest BCUT2D eigenvalue weighted by molar-refractivity contribution is 14.2. The van der Waals surface area contributed by atoms with Crippen molar-refractivity contribution in [3.8, 4) is 0 Å². The Kier molecular flexibility index (Phi) is 3.93. The molecule has 0 bridgehead atoms. The molecule has 2 rings (SSSR count). The van der Waals surface area contributed by atoms with Crippen molar-refractivity contribution in [2.75, 3.05) is 0 Å². The maximum absolute atomic E-state index is 13.5. The van der Waals surface area contributed by atoms with Crippen molar-refractivity contribution in [3.05, 3.63) is 11.6 Å². The number of aromatic nitrogens is 2. The predicted molar refractivity (Wildman–Crippen MR) is 71.5 cm³/mol. The Hall–Kier alpha value is 0.640. The second-order valence-corrected chi connectivity index (χ2v) is 6.17. The van der Waals surface area contributed by atoms with Gasteiger partial charge in [0.25, 0.3) is 0 Å². The number of hydrogen-bond donors (Lipinski definition) is 0. The average Bonchev–Trinajstić information content (AvgIpc) is 2.69. The van der Waals surface area contributed by atoms with E-state index in [1.807, 2.05) is 42.4 Å². The van der Waals surface area contributed by atoms with Crippen molar-refractivity contribution in [1.29, 1.82) is 0 Å². The van der Waals surface area contributed by atoms with Crippen LogP contribution in [0.25, 0.3) is 11.0 Å². The molecule has 1 aromatic carbocycles. The fraction of sp³-hybridized carbons (Fsp3) is 0. The fourth-order valence-corrected chi connectivity index (χ4v) is 4.17. The van der Waals surface area contributed by atoms with Crippen LogP contribution in [0.5, 0.6) is 0 Å². The molecule has 0 amide bonds. The Morgan fingerprint density at radius 1 is 0.933 bits per heavy atom. The molecule has 3 nitrogen and oxygen atoms in total. The fourth-order valence-electron chi connectivity index (χ4n) is 1.03. The molecule has 0 unspecified atom stereocenters. The summed E-state index contributed by atoms with van der Waals surface area (Å²) >= 11 is 3.71. The van der Waals surface area contributed by atoms with E-state index in [9.17, 15) is 8.78 Å². The molecular weight excluding hydrogens is 472 g/mol. The van der Waals surface area contributed by atoms with Gasteiger partial charge in [-0.2, -0.15) is 0 Å². The lowest BCUT2D eigenvalue weighted by Gasteiger charge is -2.03. The van der Waals surface area contributed by atoms with Gasteiger partial charge in [0.15, 0.2) is 22.7 Å². The zero-order valence-electron chi connectivity index (χ0n) is 6.63. The van der Waals surface area contributed by atoms with Crippen molar-refractivity contribution in [1.82, 2.24) is 10.3 Å². The number of benzene rings is 1. The summed E-state index contributed by atoms with van der Waals surface area (Å²) in [5.41, 5.74) is 0.514. The molecule has 0 spiro atoms. The van der Waals surface area contributed by atoms with Crippen molar-refractivity contribution in [2.24, 2.45) is 0 Å². The molecule has 9 heteroatoms. The maximum atomic E-state index is 13.5. The lowest BCUT2D eigenvalue weighted by molar-refractivity contribution is 0.314. The van der Waals surface area contributed by atoms with Gasteiger partial charge in [0.1, 0.15) is 0 Å². The van der Waals surface area contributed by atoms with Crippen LogP contribution in [0.1, 0.15) is 0 Å². The molecular formula is C6F2I2N2OS2. The maximum Gasteiger partial charge on any atom is 0.176 e. The Labute approximate surface area is 115 Å². The SMILES string of the molecule is Fc1c(F)c(SI)c2nonc2c1SI. The van der Waals surface area contributed by atoms with Crippen molar-refractivity contribution < 1.29 is 13.4 Å². The summed E-state index contributed by atoms with van der Waals surface area (Å²) in [7, 11) is 2.09. The third-order valence-electron chi connectivity index (χ3n) is 1.66. The number of halogens is 4. The van der Waals surface area contributed by atoms with Crippen LogP contribution in [-0.4, -0.2) is 10.3 Å². The van der Waals surface area contributed by atoms with Crippen LogP contribution in [0, 0.1) is 11.6 Å². The van der Waals surface area contributed by atoms with Gasteiger partial charge in [0, 0.05) is 42.4 Å². The molecule has 0 atom stereocenters. The standard InChI is InChI=1S/C6F2I2N2OS2/c7-1-2(8)6(15-10)4-3(5(1)14-9)11-13-12-4. The first kappa shape index (κ1) is 12.1. The number of fused-ring (bicyclic) bond motifs is 1. The first-order valence-electron chi connectivity index (χ1n) is 3.41. The second kappa shape index (κ2) is 4.87. The minimum Gasteiger partial charge on any atom is -0.243 e. The van der Waals surface area contributed by atoms with E-state index in [4.69, 9.17) is 0 Å². The quantitative estimate of drug-likeness (QED) is 0.607. The molecule has 0 aliphatic heterocycles. The van der Waals surface area contributed by atoms with Gasteiger partial charge in [0.05, 0.1) is 9.79 Å². The average molecular weight is 472 g/mol. The van der Waals surface area contributed by atoms with Gasteiger partial charge in [-0.05, 0) is 28.2 Å². The Bertz CT molecular complexity index is 477. The summed E-state index contributed by atoms with van der Waals surface area (Å²) in [5.74, 6) is -1.81. The lowest BCUT2D eigenvalue weighted by Crippen LogP contribution is -1.92. The van der Waals surface area contributed by atoms with Gasteiger partial charge in [-0.3, -0.25) is 0 Å². The summed E-state index contributed by atoms with van der Waals surface area (Å²) in [4.78, 5) is 0.220. The van der Waals surface area contributed by atoms with E-state index in [0.717, 1.165) is 17.9 Å². The van der Waals surface area contributed by atoms with Crippen molar-refractivity contribution in [2.45, 2.75) is 9.79 Å². The van der Waals surface area contributed by atoms with Gasteiger partial charge in [-0.25, -0.2) is 13.4 Å². The Morgan fingerprint density at radius 2 is 1.33 bits per heavy atom. The normalized spacial score (nSPS) is 11.2. The van der Waals surface area contributed by atoms with E-state index in [0.29, 0.717) is 0 Å². The van der Waals surface area contributed by atoms with E-state index in [1.165, 1.54) is 0 Å². The second-order valence-electron chi connectivity index (χ2n) is 2.40. The molecule has 0 aliphatic rings. The van der Waals surface area contributed by atoms with Crippen LogP contribution in [-0.2, 0) is 0 Å². The smallest absolute Gasteiger partial charge is 0.176 e. The highest BCUT2D eigenvalue weighted by Crippen LogP contribution is 2.41. The van der Waals surface area contributed by atoms with E-state index in [-0.39, 0.29) is 20.8 Å². The molecule has 80 valence electrons. The minimum atomic E-state index is -0.906. The van der Waals surface area contributed by atoms with Crippen LogP contribution >= 0.6 is 60.3 Å². The van der Waals surface area contributed by atoms with Crippen LogP contribution in [0.4, 0.5) is 8.78 Å². The molecule has 0 aliphatic carbocycles. The molecule has 0 N–H and O–H groups in total. The van der Waals surface area contributed by atoms with E-state index >= 15 is 0 Å². The Morgan fingerprint density at radius 3 is 1.67 bits per heavy atom. The first-order valence-corrected chi connectivity index (χ1v) is 10.1. The summed E-state index contributed by atoms with van der Waals surface area (Å²) < 4.78 is 31.6. The number of hydrogen-bond acceptors (Lipinski definition) is 5. The van der Waals surface area contributed by atoms with Crippen LogP contribution < -0.4 is 0 Å². The topological polar surface area (TPSA) is 38.9 Å². The Balaban J connectivity index is 2.91. The van der Waals surface area contributed by atoms with Crippen LogP contribution in [0.2, 0.25) is 0 Å². The number of rotatable bonds is 2. The van der Waals surface area contributed by atoms with Gasteiger partial charge < -0.3 is 0 Å². The molecule has 0 radical (unpaired) electrons. The highest BCUT2D eigenvalue weighted by Gasteiger charge is 2.23. The van der Waals surface area contributed by atoms with Gasteiger partial charge in [-0.15, -0.1) is 0 Å². The largest absolute Gasteiger partial charge is 0.243 e. The van der Waals surface area contributed by atoms with E-state index < -0.39 is 11.6 Å². The van der Waals surface area contributed by atoms with Gasteiger partial charge in [0.2, 0.25) is 0 Å². The van der Waals surface area contributed by atoms with Gasteiger partial charge >= 0.3 is 0 Å². The molecule has 15 heavy (non-hydrogen) atoms. The van der Waals surface area contributed by atoms with Crippen molar-refractivity contribution in [3.63, 3.8) is 0 Å². The summed E-state index contributed by atoms with van der Waals surface area (Å²) in [6.45, 7) is 0. The summed E-state index contributed by atoms with van der Waals surface area (Å²) in [6, 6.07) is 0. The van der Waals surface area contributed by atoms with E-state index in [1.54, 1.807) is 0 Å². The molecule has 0 saturated carbocycles. The first-order chi connectivity index (χ1) is 7.20. The molecule has 0 fully saturated rings. The molecule has 1 heterocycles. The molecule has 2 aromatic rings. The molecule has 1 aromatic heterocycles. The zero-order chi connectivity index (χ0) is 11.0. The van der Waals surface area contributed by atoms with Crippen molar-refractivity contribution >= 4 is 71.3 Å². The van der Waals surface area contributed by atoms with Crippen LogP contribution in [0.3, 0.4) is 0 Å². The highest BCUT2D eigenvalue weighted by atomic mass is 127. The van der Waals surface area contributed by atoms with Crippen LogP contribution in [0.15, 0.2) is 14.4 Å². The monoisotopic (exact) mass is 472 g/mol.